The van der Waals surface area contributed by atoms with E-state index in [0.717, 1.165) is 45.6 Å². The lowest BCUT2D eigenvalue weighted by molar-refractivity contribution is 0.0977. The molecule has 154 valence electrons. The van der Waals surface area contributed by atoms with Crippen LogP contribution in [0.15, 0.2) is 48.5 Å². The lowest BCUT2D eigenvalue weighted by atomic mass is 10.0. The minimum absolute atomic E-state index is 0.0176. The molecule has 1 aliphatic heterocycles. The molecule has 3 rings (SSSR count). The van der Waals surface area contributed by atoms with E-state index in [1.54, 1.807) is 12.1 Å². The number of carbonyl (C=O) groups excluding carboxylic acids is 1. The second kappa shape index (κ2) is 10.2. The van der Waals surface area contributed by atoms with Crippen LogP contribution in [0.2, 0.25) is 0 Å². The van der Waals surface area contributed by atoms with Crippen molar-refractivity contribution in [3.8, 4) is 5.75 Å². The summed E-state index contributed by atoms with van der Waals surface area (Å²) in [6.07, 6.45) is 2.32. The van der Waals surface area contributed by atoms with Crippen LogP contribution in [0.5, 0.6) is 5.75 Å². The van der Waals surface area contributed by atoms with Crippen molar-refractivity contribution in [3.63, 3.8) is 0 Å². The van der Waals surface area contributed by atoms with Gasteiger partial charge in [0.1, 0.15) is 5.75 Å². The smallest absolute Gasteiger partial charge is 0.168 e. The lowest BCUT2D eigenvalue weighted by Gasteiger charge is -2.36. The van der Waals surface area contributed by atoms with E-state index < -0.39 is 0 Å². The molecule has 7 heteroatoms. The number of nitrogens with one attached hydrogen (secondary N) is 1. The number of para-hydroxylation sites is 1. The van der Waals surface area contributed by atoms with Gasteiger partial charge in [-0.3, -0.25) is 9.69 Å². The van der Waals surface area contributed by atoms with Crippen LogP contribution in [-0.2, 0) is 0 Å². The van der Waals surface area contributed by atoms with Crippen molar-refractivity contribution in [2.45, 2.75) is 19.3 Å². The summed E-state index contributed by atoms with van der Waals surface area (Å²) in [5, 5.41) is 12.6. The number of hydrogen-bond acceptors (Lipinski definition) is 5. The van der Waals surface area contributed by atoms with Gasteiger partial charge in [0.2, 0.25) is 0 Å². The van der Waals surface area contributed by atoms with Gasteiger partial charge in [0.05, 0.1) is 5.69 Å². The Morgan fingerprint density at radius 3 is 2.48 bits per heavy atom. The number of rotatable bonds is 8. The van der Waals surface area contributed by atoms with E-state index in [1.165, 1.54) is 11.8 Å². The number of aromatic hydroxyl groups is 1. The predicted molar refractivity (Wildman–Crippen MR) is 122 cm³/mol. The Labute approximate surface area is 177 Å². The Bertz CT molecular complexity index is 836. The molecule has 1 heterocycles. The molecule has 1 fully saturated rings. The number of phenols is 1. The first-order valence-electron chi connectivity index (χ1n) is 9.98. The van der Waals surface area contributed by atoms with Crippen molar-refractivity contribution >= 4 is 34.5 Å². The summed E-state index contributed by atoms with van der Waals surface area (Å²) in [4.78, 5) is 17.3. The molecule has 0 atom stereocenters. The normalized spacial score (nSPS) is 14.6. The van der Waals surface area contributed by atoms with E-state index in [-0.39, 0.29) is 16.6 Å². The maximum absolute atomic E-state index is 12.5. The van der Waals surface area contributed by atoms with Gasteiger partial charge in [-0.15, -0.1) is 0 Å². The fraction of sp³-hybridized carbons (Fsp3) is 0.364. The number of nitrogens with zero attached hydrogens (tertiary/aromatic N) is 2. The molecule has 0 bridgehead atoms. The van der Waals surface area contributed by atoms with Crippen molar-refractivity contribution in [2.75, 3.05) is 42.9 Å². The number of thiocarbonyl (C=S) groups is 1. The third-order valence-corrected chi connectivity index (χ3v) is 5.30. The number of ketones is 1. The van der Waals surface area contributed by atoms with Crippen molar-refractivity contribution in [1.29, 1.82) is 0 Å². The van der Waals surface area contributed by atoms with E-state index in [9.17, 15) is 9.90 Å². The number of piperazine rings is 1. The van der Waals surface area contributed by atoms with Crippen LogP contribution in [0.25, 0.3) is 0 Å². The molecule has 0 aromatic heterocycles. The van der Waals surface area contributed by atoms with Crippen molar-refractivity contribution in [3.05, 3.63) is 54.1 Å². The van der Waals surface area contributed by atoms with E-state index in [4.69, 9.17) is 18.0 Å². The van der Waals surface area contributed by atoms with E-state index in [1.807, 2.05) is 6.07 Å². The summed E-state index contributed by atoms with van der Waals surface area (Å²) in [7, 11) is 0. The highest BCUT2D eigenvalue weighted by Crippen LogP contribution is 2.25. The molecule has 6 nitrogen and oxygen atoms in total. The highest BCUT2D eigenvalue weighted by atomic mass is 32.1. The molecule has 4 N–H and O–H groups in total. The van der Waals surface area contributed by atoms with Gasteiger partial charge in [0.15, 0.2) is 10.9 Å². The highest BCUT2D eigenvalue weighted by molar-refractivity contribution is 7.80. The molecule has 0 spiro atoms. The number of carbonyl (C=O) groups is 1. The number of anilines is 2. The minimum atomic E-state index is 0.0176. The van der Waals surface area contributed by atoms with Crippen LogP contribution in [0.3, 0.4) is 0 Å². The van der Waals surface area contributed by atoms with E-state index in [2.05, 4.69) is 39.4 Å². The van der Waals surface area contributed by atoms with Gasteiger partial charge >= 0.3 is 0 Å². The summed E-state index contributed by atoms with van der Waals surface area (Å²) in [6, 6.07) is 15.2. The molecule has 2 aromatic carbocycles. The number of hydrogen-bond donors (Lipinski definition) is 3. The van der Waals surface area contributed by atoms with E-state index in [0.29, 0.717) is 17.7 Å². The molecule has 29 heavy (non-hydrogen) atoms. The number of unbranched alkanes of at least 4 members (excludes halogenated alkanes) is 1. The number of Topliss-reactive ketones (excluding diaryl/α,β-unsaturated/α-hetero) is 1. The average Bonchev–Trinajstić information content (AvgIpc) is 2.73. The summed E-state index contributed by atoms with van der Waals surface area (Å²) in [5.41, 5.74) is 7.65. The molecule has 1 aliphatic rings. The zero-order chi connectivity index (χ0) is 20.6. The molecule has 1 saturated heterocycles. The first-order chi connectivity index (χ1) is 14.0. The summed E-state index contributed by atoms with van der Waals surface area (Å²) in [6.45, 7) is 5.19. The Balaban J connectivity index is 1.39. The highest BCUT2D eigenvalue weighted by Gasteiger charge is 2.17. The zero-order valence-corrected chi connectivity index (χ0v) is 17.3. The topological polar surface area (TPSA) is 81.8 Å². The van der Waals surface area contributed by atoms with Crippen LogP contribution in [0, 0.1) is 0 Å². The molecule has 0 amide bonds. The van der Waals surface area contributed by atoms with Crippen molar-refractivity contribution in [1.82, 2.24) is 4.90 Å². The Kier molecular flexibility index (Phi) is 7.43. The van der Waals surface area contributed by atoms with Crippen LogP contribution < -0.4 is 16.0 Å². The Morgan fingerprint density at radius 2 is 1.79 bits per heavy atom. The van der Waals surface area contributed by atoms with Gasteiger partial charge in [-0.1, -0.05) is 18.2 Å². The SMILES string of the molecule is NC(=S)Nc1cc(C(=O)CCCCN2CCN(c3ccccc3)CC2)ccc1O. The quantitative estimate of drug-likeness (QED) is 0.266. The van der Waals surface area contributed by atoms with Gasteiger partial charge in [0, 0.05) is 43.9 Å². The number of benzene rings is 2. The molecule has 2 aromatic rings. The van der Waals surface area contributed by atoms with Crippen LogP contribution in [0.4, 0.5) is 11.4 Å². The Morgan fingerprint density at radius 1 is 1.07 bits per heavy atom. The maximum atomic E-state index is 12.5. The molecule has 0 aliphatic carbocycles. The van der Waals surface area contributed by atoms with Crippen LogP contribution >= 0.6 is 12.2 Å². The van der Waals surface area contributed by atoms with Crippen LogP contribution in [0.1, 0.15) is 29.6 Å². The molecule has 0 unspecified atom stereocenters. The largest absolute Gasteiger partial charge is 0.506 e. The number of phenolic OH excluding ortho intramolecular Hbond substituents is 1. The van der Waals surface area contributed by atoms with Gasteiger partial charge in [-0.2, -0.15) is 0 Å². The van der Waals surface area contributed by atoms with E-state index >= 15 is 0 Å². The van der Waals surface area contributed by atoms with Gasteiger partial charge < -0.3 is 21.1 Å². The third-order valence-electron chi connectivity index (χ3n) is 5.20. The Hall–Kier alpha value is -2.64. The molecular formula is C22H28N4O2S. The molecule has 0 saturated carbocycles. The summed E-state index contributed by atoms with van der Waals surface area (Å²) >= 11 is 4.79. The van der Waals surface area contributed by atoms with Gasteiger partial charge in [-0.05, 0) is 61.9 Å². The lowest BCUT2D eigenvalue weighted by Crippen LogP contribution is -2.46. The van der Waals surface area contributed by atoms with Crippen molar-refractivity contribution < 1.29 is 9.90 Å². The monoisotopic (exact) mass is 412 g/mol. The summed E-state index contributed by atoms with van der Waals surface area (Å²) < 4.78 is 0. The third kappa shape index (κ3) is 6.17. The zero-order valence-electron chi connectivity index (χ0n) is 16.5. The standard InChI is InChI=1S/C22H28N4O2S/c23-22(29)24-19-16-17(9-10-21(19)28)20(27)8-4-5-11-25-12-14-26(15-13-25)18-6-2-1-3-7-18/h1-3,6-7,9-10,16,28H,4-5,8,11-15H2,(H3,23,24,29). The molecule has 0 radical (unpaired) electrons. The second-order valence-corrected chi connectivity index (χ2v) is 7.71. The fourth-order valence-corrected chi connectivity index (χ4v) is 3.69. The first kappa shape index (κ1) is 21.1. The fourth-order valence-electron chi connectivity index (χ4n) is 3.58. The first-order valence-corrected chi connectivity index (χ1v) is 10.4. The van der Waals surface area contributed by atoms with Crippen LogP contribution in [-0.4, -0.2) is 53.6 Å². The average molecular weight is 413 g/mol. The minimum Gasteiger partial charge on any atom is -0.506 e. The second-order valence-electron chi connectivity index (χ2n) is 7.27. The number of nitrogens with two attached hydrogens (primary N) is 1. The van der Waals surface area contributed by atoms with Crippen molar-refractivity contribution in [2.24, 2.45) is 5.73 Å². The maximum Gasteiger partial charge on any atom is 0.168 e. The van der Waals surface area contributed by atoms with Gasteiger partial charge in [-0.25, -0.2) is 0 Å². The van der Waals surface area contributed by atoms with Gasteiger partial charge in [0.25, 0.3) is 0 Å². The predicted octanol–water partition coefficient (Wildman–Crippen LogP) is 3.22. The summed E-state index contributed by atoms with van der Waals surface area (Å²) in [5.74, 6) is 0.0777. The molecular weight excluding hydrogens is 384 g/mol.